The minimum absolute atomic E-state index is 0.174. The molecule has 15 nitrogen and oxygen atoms in total. The number of carbonyl (C=O) groups excluding carboxylic acids is 2. The molecule has 0 radical (unpaired) electrons. The van der Waals surface area contributed by atoms with E-state index in [0.29, 0.717) is 12.8 Å². The van der Waals surface area contributed by atoms with Crippen molar-refractivity contribution in [2.24, 2.45) is 0 Å². The molecule has 0 amide bonds. The van der Waals surface area contributed by atoms with E-state index in [2.05, 4.69) is 13.8 Å². The maximum Gasteiger partial charge on any atom is 0.306 e. The Kier molecular flexibility index (Phi) is 43.0. The minimum atomic E-state index is -1.76. The number of unbranched alkanes of at least 4 members (excludes halogenated alkanes) is 36. The van der Waals surface area contributed by atoms with Gasteiger partial charge in [-0.2, -0.15) is 0 Å². The first kappa shape index (κ1) is 68.6. The van der Waals surface area contributed by atoms with Gasteiger partial charge in [0.1, 0.15) is 55.4 Å². The van der Waals surface area contributed by atoms with Gasteiger partial charge in [0.2, 0.25) is 0 Å². The van der Waals surface area contributed by atoms with Gasteiger partial charge in [0.25, 0.3) is 0 Å². The number of rotatable bonds is 50. The summed E-state index contributed by atoms with van der Waals surface area (Å²) in [5.41, 5.74) is 0. The van der Waals surface area contributed by atoms with Crippen LogP contribution in [0, 0.1) is 0 Å². The van der Waals surface area contributed by atoms with Gasteiger partial charge >= 0.3 is 11.9 Å². The SMILES string of the molecule is CCCCCCCCCCCCCCCCCCCCCCCC(=O)OC[C@@H](CO[C@@H]1O[C@H](CO[C@@H]2O[C@H](CO)[C@H](O)C(O)C2O)[C@H](O)C(O)C1O)OC(=O)CCCCCCCCCCCCCCCCCCC. The maximum absolute atomic E-state index is 13.1. The van der Waals surface area contributed by atoms with E-state index < -0.39 is 92.7 Å². The molecule has 0 spiro atoms. The van der Waals surface area contributed by atoms with Gasteiger partial charge in [-0.1, -0.05) is 245 Å². The van der Waals surface area contributed by atoms with Crippen molar-refractivity contribution >= 4 is 11.9 Å². The topological polar surface area (TPSA) is 231 Å². The van der Waals surface area contributed by atoms with Crippen molar-refractivity contribution in [1.29, 1.82) is 0 Å². The predicted octanol–water partition coefficient (Wildman–Crippen LogP) is 10.7. The Labute approximate surface area is 448 Å². The third-order valence-electron chi connectivity index (χ3n) is 15.1. The lowest BCUT2D eigenvalue weighted by Crippen LogP contribution is -2.61. The van der Waals surface area contributed by atoms with Gasteiger partial charge in [-0.3, -0.25) is 9.59 Å². The number of hydrogen-bond acceptors (Lipinski definition) is 15. The minimum Gasteiger partial charge on any atom is -0.462 e. The third kappa shape index (κ3) is 33.1. The molecule has 438 valence electrons. The van der Waals surface area contributed by atoms with E-state index in [1.807, 2.05) is 0 Å². The van der Waals surface area contributed by atoms with E-state index in [4.69, 9.17) is 28.4 Å². The van der Waals surface area contributed by atoms with Crippen LogP contribution in [0.4, 0.5) is 0 Å². The first-order valence-corrected chi connectivity index (χ1v) is 30.6. The van der Waals surface area contributed by atoms with Crippen molar-refractivity contribution in [2.75, 3.05) is 26.4 Å². The zero-order chi connectivity index (χ0) is 53.9. The third-order valence-corrected chi connectivity index (χ3v) is 15.1. The summed E-state index contributed by atoms with van der Waals surface area (Å²) in [4.78, 5) is 25.9. The lowest BCUT2D eigenvalue weighted by molar-refractivity contribution is -0.332. The van der Waals surface area contributed by atoms with Crippen LogP contribution in [0.25, 0.3) is 0 Å². The Morgan fingerprint density at radius 1 is 0.378 bits per heavy atom. The lowest BCUT2D eigenvalue weighted by atomic mass is 9.98. The largest absolute Gasteiger partial charge is 0.462 e. The van der Waals surface area contributed by atoms with Crippen LogP contribution in [0.1, 0.15) is 271 Å². The average molecular weight is 1060 g/mol. The molecule has 0 bridgehead atoms. The maximum atomic E-state index is 13.1. The van der Waals surface area contributed by atoms with Gasteiger partial charge in [0.05, 0.1) is 19.8 Å². The summed E-state index contributed by atoms with van der Waals surface area (Å²) in [6.07, 6.45) is 31.2. The molecule has 0 aliphatic carbocycles. The lowest BCUT2D eigenvalue weighted by Gasteiger charge is -2.42. The number of ether oxygens (including phenoxy) is 6. The molecule has 4 unspecified atom stereocenters. The molecule has 2 aliphatic heterocycles. The molecule has 2 heterocycles. The monoisotopic (exact) mass is 1060 g/mol. The van der Waals surface area contributed by atoms with Gasteiger partial charge in [0.15, 0.2) is 18.7 Å². The van der Waals surface area contributed by atoms with Crippen LogP contribution in [0.5, 0.6) is 0 Å². The summed E-state index contributed by atoms with van der Waals surface area (Å²) >= 11 is 0. The van der Waals surface area contributed by atoms with E-state index in [1.54, 1.807) is 0 Å². The van der Waals surface area contributed by atoms with E-state index in [-0.39, 0.29) is 26.1 Å². The zero-order valence-electron chi connectivity index (χ0n) is 46.9. The summed E-state index contributed by atoms with van der Waals surface area (Å²) in [5, 5.41) is 72.3. The Balaban J connectivity index is 1.72. The Morgan fingerprint density at radius 3 is 1.05 bits per heavy atom. The molecular formula is C59H112O15. The number of carbonyl (C=O) groups is 2. The van der Waals surface area contributed by atoms with Crippen molar-refractivity contribution < 1.29 is 73.8 Å². The fourth-order valence-corrected chi connectivity index (χ4v) is 10.1. The second kappa shape index (κ2) is 46.4. The Morgan fingerprint density at radius 2 is 0.689 bits per heavy atom. The summed E-state index contributed by atoms with van der Waals surface area (Å²) in [7, 11) is 0. The van der Waals surface area contributed by atoms with Crippen LogP contribution in [-0.4, -0.2) is 142 Å². The molecule has 2 fully saturated rings. The molecule has 2 aliphatic rings. The highest BCUT2D eigenvalue weighted by atomic mass is 16.7. The van der Waals surface area contributed by atoms with Gasteiger partial charge in [-0.25, -0.2) is 0 Å². The van der Waals surface area contributed by atoms with Crippen molar-refractivity contribution in [2.45, 2.75) is 338 Å². The van der Waals surface area contributed by atoms with Crippen molar-refractivity contribution in [1.82, 2.24) is 0 Å². The molecule has 0 aromatic heterocycles. The van der Waals surface area contributed by atoms with E-state index in [0.717, 1.165) is 38.5 Å². The molecule has 15 heteroatoms. The number of aliphatic hydroxyl groups excluding tert-OH is 7. The molecule has 11 atom stereocenters. The average Bonchev–Trinajstić information content (AvgIpc) is 3.39. The first-order chi connectivity index (χ1) is 36.0. The smallest absolute Gasteiger partial charge is 0.306 e. The quantitative estimate of drug-likeness (QED) is 0.0222. The van der Waals surface area contributed by atoms with Gasteiger partial charge < -0.3 is 64.2 Å². The number of aliphatic hydroxyl groups is 7. The van der Waals surface area contributed by atoms with Crippen LogP contribution in [-0.2, 0) is 38.0 Å². The van der Waals surface area contributed by atoms with Gasteiger partial charge in [-0.05, 0) is 12.8 Å². The Hall–Kier alpha value is -1.50. The summed E-state index contributed by atoms with van der Waals surface area (Å²) in [5.74, 6) is -0.902. The summed E-state index contributed by atoms with van der Waals surface area (Å²) in [6.45, 7) is 2.67. The normalized spacial score (nSPS) is 24.6. The zero-order valence-corrected chi connectivity index (χ0v) is 46.9. The van der Waals surface area contributed by atoms with Crippen molar-refractivity contribution in [3.05, 3.63) is 0 Å². The Bertz CT molecular complexity index is 1290. The first-order valence-electron chi connectivity index (χ1n) is 30.6. The fraction of sp³-hybridized carbons (Fsp3) is 0.966. The number of hydrogen-bond donors (Lipinski definition) is 7. The van der Waals surface area contributed by atoms with Gasteiger partial charge in [-0.15, -0.1) is 0 Å². The molecule has 2 rings (SSSR count). The van der Waals surface area contributed by atoms with Crippen LogP contribution in [0.15, 0.2) is 0 Å². The predicted molar refractivity (Wildman–Crippen MR) is 289 cm³/mol. The second-order valence-electron chi connectivity index (χ2n) is 21.9. The molecule has 0 saturated carbocycles. The summed E-state index contributed by atoms with van der Waals surface area (Å²) < 4.78 is 33.8. The highest BCUT2D eigenvalue weighted by molar-refractivity contribution is 5.70. The fourth-order valence-electron chi connectivity index (χ4n) is 10.1. The number of esters is 2. The van der Waals surface area contributed by atoms with E-state index >= 15 is 0 Å². The van der Waals surface area contributed by atoms with Crippen molar-refractivity contribution in [3.63, 3.8) is 0 Å². The van der Waals surface area contributed by atoms with Crippen LogP contribution in [0.2, 0.25) is 0 Å². The summed E-state index contributed by atoms with van der Waals surface area (Å²) in [6, 6.07) is 0. The van der Waals surface area contributed by atoms with E-state index in [1.165, 1.54) is 193 Å². The van der Waals surface area contributed by atoms with Crippen LogP contribution >= 0.6 is 0 Å². The van der Waals surface area contributed by atoms with E-state index in [9.17, 15) is 45.3 Å². The van der Waals surface area contributed by atoms with Gasteiger partial charge in [0, 0.05) is 12.8 Å². The van der Waals surface area contributed by atoms with Crippen molar-refractivity contribution in [3.8, 4) is 0 Å². The second-order valence-corrected chi connectivity index (χ2v) is 21.9. The van der Waals surface area contributed by atoms with Crippen LogP contribution in [0.3, 0.4) is 0 Å². The molecule has 2 saturated heterocycles. The molecular weight excluding hydrogens is 949 g/mol. The highest BCUT2D eigenvalue weighted by Gasteiger charge is 2.47. The molecule has 0 aromatic rings. The molecule has 74 heavy (non-hydrogen) atoms. The highest BCUT2D eigenvalue weighted by Crippen LogP contribution is 2.27. The van der Waals surface area contributed by atoms with Crippen LogP contribution < -0.4 is 0 Å². The molecule has 0 aromatic carbocycles. The molecule has 7 N–H and O–H groups in total. The standard InChI is InChI=1S/C59H112O15/c1-3-5-7-9-11-13-15-17-19-21-22-23-24-26-27-29-31-33-35-37-39-41-50(61)69-44-47(72-51(62)42-40-38-36-34-32-30-28-25-20-18-16-14-12-10-8-6-4-2)45-70-58-57(68)55(66)53(64)49(74-58)46-71-59-56(67)54(65)52(63)48(43-60)73-59/h47-49,52-60,63-68H,3-46H2,1-2H3/t47-,48+,49+,52-,53-,54?,55?,56?,57?,58+,59+/m0/s1.